The van der Waals surface area contributed by atoms with Gasteiger partial charge in [0.05, 0.1) is 6.54 Å². The molecule has 0 saturated heterocycles. The van der Waals surface area contributed by atoms with Gasteiger partial charge in [-0.1, -0.05) is 0 Å². The lowest BCUT2D eigenvalue weighted by Crippen LogP contribution is -2.09. The number of hydrogen-bond acceptors (Lipinski definition) is 3. The summed E-state index contributed by atoms with van der Waals surface area (Å²) in [4.78, 5) is 4.05. The number of aromatic amines is 1. The summed E-state index contributed by atoms with van der Waals surface area (Å²) in [5.74, 6) is -1.74. The normalized spacial score (nSPS) is 25.5. The highest BCUT2D eigenvalue weighted by Crippen LogP contribution is 2.42. The van der Waals surface area contributed by atoms with Crippen LogP contribution in [-0.2, 0) is 6.54 Å². The summed E-state index contributed by atoms with van der Waals surface area (Å²) in [6.45, 7) is 0.260. The average Bonchev–Trinajstić information content (AvgIpc) is 2.70. The number of nitrogens with one attached hydrogen (secondary N) is 1. The van der Waals surface area contributed by atoms with Crippen molar-refractivity contribution in [3.8, 4) is 0 Å². The molecule has 1 aliphatic rings. The Labute approximate surface area is 79.9 Å². The molecule has 0 radical (unpaired) electrons. The molecular weight excluding hydrogens is 190 g/mol. The van der Waals surface area contributed by atoms with Crippen LogP contribution in [0.3, 0.4) is 0 Å². The Kier molecular flexibility index (Phi) is 2.22. The van der Waals surface area contributed by atoms with E-state index in [0.29, 0.717) is 18.1 Å². The van der Waals surface area contributed by atoms with E-state index in [2.05, 4.69) is 15.2 Å². The van der Waals surface area contributed by atoms with E-state index in [1.807, 2.05) is 0 Å². The first-order valence-corrected chi connectivity index (χ1v) is 4.60. The van der Waals surface area contributed by atoms with Gasteiger partial charge in [-0.25, -0.2) is 13.8 Å². The molecule has 1 aromatic rings. The lowest BCUT2D eigenvalue weighted by Gasteiger charge is -2.06. The number of alkyl halides is 2. The van der Waals surface area contributed by atoms with Gasteiger partial charge in [0.15, 0.2) is 5.82 Å². The van der Waals surface area contributed by atoms with Gasteiger partial charge in [-0.3, -0.25) is 5.10 Å². The molecule has 1 saturated carbocycles. The highest BCUT2D eigenvalue weighted by Gasteiger charge is 2.41. The summed E-state index contributed by atoms with van der Waals surface area (Å²) < 4.78 is 25.8. The van der Waals surface area contributed by atoms with Crippen LogP contribution < -0.4 is 5.73 Å². The molecule has 1 heterocycles. The van der Waals surface area contributed by atoms with Crippen molar-refractivity contribution in [2.45, 2.75) is 37.6 Å². The lowest BCUT2D eigenvalue weighted by molar-refractivity contribution is 0.00755. The summed E-state index contributed by atoms with van der Waals surface area (Å²) >= 11 is 0. The van der Waals surface area contributed by atoms with Crippen molar-refractivity contribution in [2.24, 2.45) is 5.73 Å². The molecule has 0 aromatic carbocycles. The SMILES string of the molecule is NCc1nc(C2CCC(F)(F)C2)n[nH]1. The Morgan fingerprint density at radius 3 is 2.86 bits per heavy atom. The Morgan fingerprint density at radius 2 is 2.36 bits per heavy atom. The number of hydrogen-bond donors (Lipinski definition) is 2. The largest absolute Gasteiger partial charge is 0.324 e. The number of nitrogens with two attached hydrogens (primary N) is 1. The number of H-pyrrole nitrogens is 1. The van der Waals surface area contributed by atoms with Crippen molar-refractivity contribution in [1.29, 1.82) is 0 Å². The van der Waals surface area contributed by atoms with Crippen molar-refractivity contribution in [1.82, 2.24) is 15.2 Å². The van der Waals surface area contributed by atoms with Gasteiger partial charge in [-0.2, -0.15) is 5.10 Å². The molecule has 1 fully saturated rings. The quantitative estimate of drug-likeness (QED) is 0.756. The highest BCUT2D eigenvalue weighted by molar-refractivity contribution is 5.03. The second-order valence-corrected chi connectivity index (χ2v) is 3.64. The standard InChI is InChI=1S/C8H12F2N4/c9-8(10)2-1-5(3-8)7-12-6(4-11)13-14-7/h5H,1-4,11H2,(H,12,13,14). The molecule has 0 aliphatic heterocycles. The molecule has 6 heteroatoms. The third kappa shape index (κ3) is 1.75. The zero-order chi connectivity index (χ0) is 10.2. The summed E-state index contributed by atoms with van der Waals surface area (Å²) in [7, 11) is 0. The van der Waals surface area contributed by atoms with E-state index in [1.54, 1.807) is 0 Å². The highest BCUT2D eigenvalue weighted by atomic mass is 19.3. The first kappa shape index (κ1) is 9.51. The Balaban J connectivity index is 2.09. The molecule has 1 aliphatic carbocycles. The summed E-state index contributed by atoms with van der Waals surface area (Å²) in [6, 6.07) is 0. The zero-order valence-electron chi connectivity index (χ0n) is 7.63. The van der Waals surface area contributed by atoms with Gasteiger partial charge >= 0.3 is 0 Å². The molecule has 0 spiro atoms. The Hall–Kier alpha value is -1.04. The predicted molar refractivity (Wildman–Crippen MR) is 45.8 cm³/mol. The van der Waals surface area contributed by atoms with Crippen molar-refractivity contribution < 1.29 is 8.78 Å². The Morgan fingerprint density at radius 1 is 1.57 bits per heavy atom. The van der Waals surface area contributed by atoms with Crippen LogP contribution in [0, 0.1) is 0 Å². The van der Waals surface area contributed by atoms with E-state index in [-0.39, 0.29) is 25.3 Å². The number of aromatic nitrogens is 3. The second-order valence-electron chi connectivity index (χ2n) is 3.64. The van der Waals surface area contributed by atoms with Crippen molar-refractivity contribution >= 4 is 0 Å². The minimum atomic E-state index is -2.55. The van der Waals surface area contributed by atoms with Crippen LogP contribution >= 0.6 is 0 Å². The molecule has 1 atom stereocenters. The van der Waals surface area contributed by atoms with Gasteiger partial charge in [0.2, 0.25) is 5.92 Å². The third-order valence-electron chi connectivity index (χ3n) is 2.51. The van der Waals surface area contributed by atoms with E-state index in [4.69, 9.17) is 5.73 Å². The maximum absolute atomic E-state index is 12.9. The van der Waals surface area contributed by atoms with E-state index in [1.165, 1.54) is 0 Å². The second kappa shape index (κ2) is 3.27. The number of nitrogens with zero attached hydrogens (tertiary/aromatic N) is 2. The van der Waals surface area contributed by atoms with Gasteiger partial charge < -0.3 is 5.73 Å². The number of halogens is 2. The fourth-order valence-corrected chi connectivity index (χ4v) is 1.75. The molecule has 2 rings (SSSR count). The predicted octanol–water partition coefficient (Wildman–Crippen LogP) is 1.17. The van der Waals surface area contributed by atoms with Crippen molar-refractivity contribution in [3.63, 3.8) is 0 Å². The van der Waals surface area contributed by atoms with Crippen molar-refractivity contribution in [3.05, 3.63) is 11.6 Å². The molecular formula is C8H12F2N4. The molecule has 3 N–H and O–H groups in total. The van der Waals surface area contributed by atoms with Gasteiger partial charge in [-0.15, -0.1) is 0 Å². The van der Waals surface area contributed by atoms with E-state index >= 15 is 0 Å². The first-order chi connectivity index (χ1) is 6.61. The van der Waals surface area contributed by atoms with Crippen LogP contribution in [0.5, 0.6) is 0 Å². The molecule has 4 nitrogen and oxygen atoms in total. The van der Waals surface area contributed by atoms with Gasteiger partial charge in [0, 0.05) is 18.8 Å². The van der Waals surface area contributed by atoms with Crippen LogP contribution in [0.2, 0.25) is 0 Å². The topological polar surface area (TPSA) is 67.6 Å². The Bertz CT molecular complexity index is 323. The summed E-state index contributed by atoms with van der Waals surface area (Å²) in [5, 5.41) is 6.51. The minimum Gasteiger partial charge on any atom is -0.324 e. The monoisotopic (exact) mass is 202 g/mol. The summed E-state index contributed by atoms with van der Waals surface area (Å²) in [5.41, 5.74) is 5.33. The first-order valence-electron chi connectivity index (χ1n) is 4.60. The third-order valence-corrected chi connectivity index (χ3v) is 2.51. The fraction of sp³-hybridized carbons (Fsp3) is 0.750. The summed E-state index contributed by atoms with van der Waals surface area (Å²) in [6.07, 6.45) is 0.244. The van der Waals surface area contributed by atoms with E-state index in [0.717, 1.165) is 0 Å². The van der Waals surface area contributed by atoms with Crippen LogP contribution in [0.1, 0.15) is 36.8 Å². The molecule has 1 aromatic heterocycles. The molecule has 1 unspecified atom stereocenters. The molecule has 0 bridgehead atoms. The molecule has 78 valence electrons. The fourth-order valence-electron chi connectivity index (χ4n) is 1.75. The van der Waals surface area contributed by atoms with E-state index in [9.17, 15) is 8.78 Å². The zero-order valence-corrected chi connectivity index (χ0v) is 7.63. The number of rotatable bonds is 2. The van der Waals surface area contributed by atoms with Crippen LogP contribution in [0.4, 0.5) is 8.78 Å². The van der Waals surface area contributed by atoms with Crippen LogP contribution in [0.15, 0.2) is 0 Å². The minimum absolute atomic E-state index is 0.0653. The maximum atomic E-state index is 12.9. The van der Waals surface area contributed by atoms with Gasteiger partial charge in [-0.05, 0) is 6.42 Å². The van der Waals surface area contributed by atoms with Crippen LogP contribution in [0.25, 0.3) is 0 Å². The molecule has 14 heavy (non-hydrogen) atoms. The van der Waals surface area contributed by atoms with Crippen molar-refractivity contribution in [2.75, 3.05) is 0 Å². The van der Waals surface area contributed by atoms with Crippen LogP contribution in [-0.4, -0.2) is 21.1 Å². The van der Waals surface area contributed by atoms with Gasteiger partial charge in [0.25, 0.3) is 0 Å². The lowest BCUT2D eigenvalue weighted by atomic mass is 10.1. The van der Waals surface area contributed by atoms with E-state index < -0.39 is 5.92 Å². The molecule has 0 amide bonds. The average molecular weight is 202 g/mol. The van der Waals surface area contributed by atoms with Gasteiger partial charge in [0.1, 0.15) is 5.82 Å². The smallest absolute Gasteiger partial charge is 0.248 e. The maximum Gasteiger partial charge on any atom is 0.248 e.